The van der Waals surface area contributed by atoms with Gasteiger partial charge in [0.05, 0.1) is 11.2 Å². The molecule has 0 aliphatic rings. The van der Waals surface area contributed by atoms with Crippen LogP contribution >= 0.6 is 22.6 Å². The molecule has 4 rings (SSSR count). The molecule has 0 bridgehead atoms. The lowest BCUT2D eigenvalue weighted by Crippen LogP contribution is -1.99. The number of rotatable bonds is 5. The summed E-state index contributed by atoms with van der Waals surface area (Å²) < 4.78 is 8.89. The number of carbonyl (C=O) groups is 1. The minimum atomic E-state index is -1.18. The van der Waals surface area contributed by atoms with Crippen molar-refractivity contribution in [3.05, 3.63) is 81.6 Å². The Morgan fingerprint density at radius 3 is 2.66 bits per heavy atom. The molecule has 0 saturated carbocycles. The van der Waals surface area contributed by atoms with Crippen LogP contribution in [0.3, 0.4) is 0 Å². The zero-order valence-corrected chi connectivity index (χ0v) is 17.3. The summed E-state index contributed by atoms with van der Waals surface area (Å²) in [5, 5.41) is 20.0. The van der Waals surface area contributed by atoms with Crippen LogP contribution in [0.4, 0.5) is 5.69 Å². The molecule has 4 N–H and O–H groups in total. The van der Waals surface area contributed by atoms with Crippen LogP contribution in [-0.2, 0) is 6.61 Å². The first-order chi connectivity index (χ1) is 13.9. The molecule has 6 nitrogen and oxygen atoms in total. The summed E-state index contributed by atoms with van der Waals surface area (Å²) in [6.45, 7) is 0.437. The summed E-state index contributed by atoms with van der Waals surface area (Å²) in [4.78, 5) is 11.1. The fourth-order valence-corrected chi connectivity index (χ4v) is 3.79. The van der Waals surface area contributed by atoms with E-state index in [4.69, 9.17) is 15.6 Å². The van der Waals surface area contributed by atoms with Crippen LogP contribution in [0.1, 0.15) is 15.9 Å². The number of anilines is 1. The Morgan fingerprint density at radius 1 is 1.10 bits per heavy atom. The van der Waals surface area contributed by atoms with Crippen molar-refractivity contribution in [3.8, 4) is 17.2 Å². The lowest BCUT2D eigenvalue weighted by atomic mass is 10.1. The summed E-state index contributed by atoms with van der Waals surface area (Å²) in [5.74, 6) is -0.805. The van der Waals surface area contributed by atoms with Crippen molar-refractivity contribution >= 4 is 45.2 Å². The molecule has 0 unspecified atom stereocenters. The second kappa shape index (κ2) is 7.67. The Labute approximate surface area is 180 Å². The van der Waals surface area contributed by atoms with Gasteiger partial charge in [-0.2, -0.15) is 0 Å². The number of halogens is 1. The molecule has 0 saturated heterocycles. The number of carboxylic acids is 1. The molecule has 0 atom stereocenters. The molecule has 0 amide bonds. The van der Waals surface area contributed by atoms with Gasteiger partial charge in [0.1, 0.15) is 23.7 Å². The largest absolute Gasteiger partial charge is 0.507 e. The number of hydrogen-bond donors (Lipinski definition) is 3. The van der Waals surface area contributed by atoms with Gasteiger partial charge in [0.15, 0.2) is 0 Å². The fraction of sp³-hybridized carbons (Fsp3) is 0.0455. The van der Waals surface area contributed by atoms with Crippen LogP contribution in [-0.4, -0.2) is 20.7 Å². The van der Waals surface area contributed by atoms with Crippen LogP contribution in [0.25, 0.3) is 16.6 Å². The Hall–Kier alpha value is -3.20. The predicted octanol–water partition coefficient (Wildman–Crippen LogP) is 4.80. The van der Waals surface area contributed by atoms with E-state index in [1.165, 1.54) is 12.1 Å². The summed E-state index contributed by atoms with van der Waals surface area (Å²) in [5.41, 5.74) is 9.03. The molecule has 1 heterocycles. The monoisotopic (exact) mass is 500 g/mol. The Balaban J connectivity index is 1.69. The van der Waals surface area contributed by atoms with Gasteiger partial charge < -0.3 is 25.3 Å². The van der Waals surface area contributed by atoms with Gasteiger partial charge >= 0.3 is 5.97 Å². The molecular weight excluding hydrogens is 483 g/mol. The number of aromatic carboxylic acids is 1. The number of aromatic hydroxyl groups is 1. The van der Waals surface area contributed by atoms with E-state index in [-0.39, 0.29) is 11.3 Å². The van der Waals surface area contributed by atoms with E-state index in [0.29, 0.717) is 23.7 Å². The lowest BCUT2D eigenvalue weighted by molar-refractivity contribution is 0.0693. The molecule has 0 spiro atoms. The zero-order valence-electron chi connectivity index (χ0n) is 15.2. The van der Waals surface area contributed by atoms with E-state index in [0.717, 1.165) is 20.0 Å². The Bertz CT molecular complexity index is 1230. The Morgan fingerprint density at radius 2 is 1.93 bits per heavy atom. The molecule has 4 aromatic rings. The second-order valence-electron chi connectivity index (χ2n) is 6.56. The van der Waals surface area contributed by atoms with Gasteiger partial charge in [-0.25, -0.2) is 4.79 Å². The highest BCUT2D eigenvalue weighted by Gasteiger charge is 2.14. The third-order valence-electron chi connectivity index (χ3n) is 4.59. The average Bonchev–Trinajstić information content (AvgIpc) is 3.02. The second-order valence-corrected chi connectivity index (χ2v) is 7.80. The number of aromatic nitrogens is 1. The van der Waals surface area contributed by atoms with E-state index in [2.05, 4.69) is 28.7 Å². The smallest absolute Gasteiger partial charge is 0.339 e. The third kappa shape index (κ3) is 3.86. The first-order valence-corrected chi connectivity index (χ1v) is 9.85. The number of benzene rings is 3. The minimum Gasteiger partial charge on any atom is -0.507 e. The van der Waals surface area contributed by atoms with Gasteiger partial charge in [0.2, 0.25) is 0 Å². The molecule has 0 aliphatic carbocycles. The predicted molar refractivity (Wildman–Crippen MR) is 120 cm³/mol. The molecule has 3 aromatic carbocycles. The number of fused-ring (bicyclic) bond motifs is 1. The number of nitrogen functional groups attached to an aromatic ring is 1. The summed E-state index contributed by atoms with van der Waals surface area (Å²) >= 11 is 2.26. The van der Waals surface area contributed by atoms with Gasteiger partial charge in [-0.3, -0.25) is 0 Å². The quantitative estimate of drug-likeness (QED) is 0.342. The molecular formula is C22H17IN2O4. The van der Waals surface area contributed by atoms with Crippen LogP contribution in [0.15, 0.2) is 66.9 Å². The van der Waals surface area contributed by atoms with Gasteiger partial charge in [0.25, 0.3) is 0 Å². The topological polar surface area (TPSA) is 97.7 Å². The number of carboxylic acid groups (broad SMARTS) is 1. The van der Waals surface area contributed by atoms with Crippen molar-refractivity contribution in [2.75, 3.05) is 5.73 Å². The SMILES string of the molecule is Nc1cn(-c2ccc(C(=O)O)c(O)c2)c2cc(OCc3cccc(I)c3)ccc12. The molecule has 0 aliphatic heterocycles. The van der Waals surface area contributed by atoms with E-state index in [1.54, 1.807) is 16.8 Å². The number of nitrogens with two attached hydrogens (primary N) is 1. The maximum atomic E-state index is 11.1. The van der Waals surface area contributed by atoms with Crippen molar-refractivity contribution < 1.29 is 19.7 Å². The van der Waals surface area contributed by atoms with E-state index in [9.17, 15) is 9.90 Å². The normalized spacial score (nSPS) is 10.9. The summed E-state index contributed by atoms with van der Waals surface area (Å²) in [6, 6.07) is 18.1. The highest BCUT2D eigenvalue weighted by atomic mass is 127. The van der Waals surface area contributed by atoms with E-state index in [1.807, 2.05) is 36.4 Å². The van der Waals surface area contributed by atoms with Gasteiger partial charge in [0, 0.05) is 33.0 Å². The van der Waals surface area contributed by atoms with Crippen molar-refractivity contribution in [1.29, 1.82) is 0 Å². The van der Waals surface area contributed by atoms with Crippen LogP contribution < -0.4 is 10.5 Å². The van der Waals surface area contributed by atoms with Gasteiger partial charge in [-0.1, -0.05) is 12.1 Å². The fourth-order valence-electron chi connectivity index (χ4n) is 3.18. The van der Waals surface area contributed by atoms with Crippen molar-refractivity contribution in [3.63, 3.8) is 0 Å². The standard InChI is InChI=1S/C22H17IN2O4/c23-14-3-1-2-13(8-14)12-29-16-5-7-17-19(24)11-25(20(17)10-16)15-4-6-18(22(27)28)21(26)9-15/h1-11,26H,12,24H2,(H,27,28). The zero-order chi connectivity index (χ0) is 20.5. The highest BCUT2D eigenvalue weighted by Crippen LogP contribution is 2.32. The summed E-state index contributed by atoms with van der Waals surface area (Å²) in [7, 11) is 0. The number of ether oxygens (including phenoxy) is 1. The lowest BCUT2D eigenvalue weighted by Gasteiger charge is -2.10. The van der Waals surface area contributed by atoms with Crippen LogP contribution in [0.2, 0.25) is 0 Å². The molecule has 29 heavy (non-hydrogen) atoms. The number of phenols is 1. The van der Waals surface area contributed by atoms with E-state index < -0.39 is 5.97 Å². The molecule has 7 heteroatoms. The van der Waals surface area contributed by atoms with Crippen molar-refractivity contribution in [2.24, 2.45) is 0 Å². The van der Waals surface area contributed by atoms with Crippen LogP contribution in [0, 0.1) is 3.57 Å². The van der Waals surface area contributed by atoms with Crippen molar-refractivity contribution in [1.82, 2.24) is 4.57 Å². The molecule has 0 radical (unpaired) electrons. The molecule has 1 aromatic heterocycles. The van der Waals surface area contributed by atoms with Gasteiger partial charge in [-0.05, 0) is 64.6 Å². The highest BCUT2D eigenvalue weighted by molar-refractivity contribution is 14.1. The Kier molecular flexibility index (Phi) is 5.06. The van der Waals surface area contributed by atoms with Gasteiger partial charge in [-0.15, -0.1) is 0 Å². The maximum absolute atomic E-state index is 11.1. The maximum Gasteiger partial charge on any atom is 0.339 e. The first-order valence-electron chi connectivity index (χ1n) is 8.77. The average molecular weight is 500 g/mol. The van der Waals surface area contributed by atoms with E-state index >= 15 is 0 Å². The number of nitrogens with zero attached hydrogens (tertiary/aromatic N) is 1. The summed E-state index contributed by atoms with van der Waals surface area (Å²) in [6.07, 6.45) is 1.74. The van der Waals surface area contributed by atoms with Crippen molar-refractivity contribution in [2.45, 2.75) is 6.61 Å². The number of hydrogen-bond acceptors (Lipinski definition) is 4. The minimum absolute atomic E-state index is 0.153. The third-order valence-corrected chi connectivity index (χ3v) is 5.26. The first kappa shape index (κ1) is 19.1. The van der Waals surface area contributed by atoms with Crippen LogP contribution in [0.5, 0.6) is 11.5 Å². The molecule has 0 fully saturated rings. The molecule has 146 valence electrons.